The molecule has 0 aliphatic heterocycles. The number of hydrogen-bond donors (Lipinski definition) is 2. The number of benzene rings is 1. The molecule has 3 aromatic rings. The zero-order valence-electron chi connectivity index (χ0n) is 9.85. The van der Waals surface area contributed by atoms with Crippen molar-refractivity contribution >= 4 is 34.7 Å². The summed E-state index contributed by atoms with van der Waals surface area (Å²) in [5.74, 6) is 0. The summed E-state index contributed by atoms with van der Waals surface area (Å²) in [5, 5.41) is 3.14. The molecule has 1 amide bonds. The van der Waals surface area contributed by atoms with Crippen molar-refractivity contribution in [1.29, 1.82) is 0 Å². The van der Waals surface area contributed by atoms with Crippen molar-refractivity contribution in [3.8, 4) is 11.3 Å². The predicted octanol–water partition coefficient (Wildman–Crippen LogP) is 3.45. The van der Waals surface area contributed by atoms with E-state index in [9.17, 15) is 4.79 Å². The van der Waals surface area contributed by atoms with Crippen molar-refractivity contribution in [1.82, 2.24) is 9.97 Å². The van der Waals surface area contributed by atoms with Gasteiger partial charge in [-0.05, 0) is 24.3 Å². The molecule has 0 unspecified atom stereocenters. The average molecular weight is 272 g/mol. The van der Waals surface area contributed by atoms with Crippen LogP contribution in [-0.4, -0.2) is 16.4 Å². The maximum Gasteiger partial charge on any atom is 0.211 e. The molecule has 1 aromatic carbocycles. The molecule has 0 saturated carbocycles. The van der Waals surface area contributed by atoms with Crippen LogP contribution in [0, 0.1) is 0 Å². The van der Waals surface area contributed by atoms with Gasteiger partial charge in [0.05, 0.1) is 16.7 Å². The van der Waals surface area contributed by atoms with Gasteiger partial charge >= 0.3 is 0 Å². The number of H-pyrrole nitrogens is 1. The molecule has 0 bridgehead atoms. The first-order valence-electron chi connectivity index (χ1n) is 5.73. The molecule has 2 aromatic heterocycles. The molecule has 0 radical (unpaired) electrons. The SMILES string of the molecule is O=CNc1ccccc1-c1cc2nc(Cl)ccc2[nH]1. The number of aromatic amines is 1. The fourth-order valence-electron chi connectivity index (χ4n) is 2.04. The van der Waals surface area contributed by atoms with Crippen LogP contribution in [-0.2, 0) is 4.79 Å². The summed E-state index contributed by atoms with van der Waals surface area (Å²) in [6.07, 6.45) is 0.663. The fraction of sp³-hybridized carbons (Fsp3) is 0. The highest BCUT2D eigenvalue weighted by Gasteiger charge is 2.08. The highest BCUT2D eigenvalue weighted by molar-refractivity contribution is 6.29. The van der Waals surface area contributed by atoms with E-state index in [1.165, 1.54) is 0 Å². The topological polar surface area (TPSA) is 57.8 Å². The molecule has 5 heteroatoms. The van der Waals surface area contributed by atoms with Gasteiger partial charge in [-0.3, -0.25) is 4.79 Å². The molecule has 0 aliphatic carbocycles. The monoisotopic (exact) mass is 271 g/mol. The number of para-hydroxylation sites is 1. The number of carbonyl (C=O) groups excluding carboxylic acids is 1. The van der Waals surface area contributed by atoms with E-state index in [-0.39, 0.29) is 0 Å². The molecule has 0 saturated heterocycles. The number of pyridine rings is 1. The molecule has 2 heterocycles. The average Bonchev–Trinajstić information content (AvgIpc) is 2.82. The van der Waals surface area contributed by atoms with Crippen molar-refractivity contribution in [2.45, 2.75) is 0 Å². The van der Waals surface area contributed by atoms with E-state index in [0.29, 0.717) is 11.6 Å². The van der Waals surface area contributed by atoms with Crippen LogP contribution < -0.4 is 5.32 Å². The Labute approximate surface area is 114 Å². The van der Waals surface area contributed by atoms with Gasteiger partial charge in [0.2, 0.25) is 6.41 Å². The first-order chi connectivity index (χ1) is 9.28. The molecule has 4 nitrogen and oxygen atoms in total. The number of anilines is 1. The number of fused-ring (bicyclic) bond motifs is 1. The lowest BCUT2D eigenvalue weighted by Crippen LogP contribution is -1.95. The number of aromatic nitrogens is 2. The zero-order chi connectivity index (χ0) is 13.2. The Morgan fingerprint density at radius 3 is 2.89 bits per heavy atom. The number of halogens is 1. The third-order valence-electron chi connectivity index (χ3n) is 2.87. The minimum Gasteiger partial charge on any atom is -0.353 e. The second-order valence-corrected chi connectivity index (χ2v) is 4.44. The summed E-state index contributed by atoms with van der Waals surface area (Å²) in [7, 11) is 0. The fourth-order valence-corrected chi connectivity index (χ4v) is 2.19. The van der Waals surface area contributed by atoms with Crippen molar-refractivity contribution in [3.63, 3.8) is 0 Å². The Bertz CT molecular complexity index is 751. The van der Waals surface area contributed by atoms with Crippen LogP contribution in [0.15, 0.2) is 42.5 Å². The van der Waals surface area contributed by atoms with E-state index in [1.807, 2.05) is 36.4 Å². The summed E-state index contributed by atoms with van der Waals surface area (Å²) < 4.78 is 0. The predicted molar refractivity (Wildman–Crippen MR) is 76.2 cm³/mol. The normalized spacial score (nSPS) is 10.6. The molecule has 0 atom stereocenters. The highest BCUT2D eigenvalue weighted by atomic mass is 35.5. The molecule has 2 N–H and O–H groups in total. The molecular formula is C14H10ClN3O. The smallest absolute Gasteiger partial charge is 0.211 e. The van der Waals surface area contributed by atoms with Gasteiger partial charge in [0.25, 0.3) is 0 Å². The molecule has 0 fully saturated rings. The van der Waals surface area contributed by atoms with Crippen LogP contribution in [0.1, 0.15) is 0 Å². The maximum absolute atomic E-state index is 10.6. The summed E-state index contributed by atoms with van der Waals surface area (Å²) in [6, 6.07) is 13.1. The van der Waals surface area contributed by atoms with E-state index in [2.05, 4.69) is 15.3 Å². The van der Waals surface area contributed by atoms with Crippen molar-refractivity contribution in [2.24, 2.45) is 0 Å². The molecule has 19 heavy (non-hydrogen) atoms. The van der Waals surface area contributed by atoms with Crippen LogP contribution >= 0.6 is 11.6 Å². The van der Waals surface area contributed by atoms with Gasteiger partial charge in [0, 0.05) is 11.3 Å². The Kier molecular flexibility index (Phi) is 2.93. The van der Waals surface area contributed by atoms with E-state index in [0.717, 1.165) is 28.0 Å². The summed E-state index contributed by atoms with van der Waals surface area (Å²) in [5.41, 5.74) is 4.23. The second-order valence-electron chi connectivity index (χ2n) is 4.06. The lowest BCUT2D eigenvalue weighted by Gasteiger charge is -2.05. The quantitative estimate of drug-likeness (QED) is 0.566. The second kappa shape index (κ2) is 4.74. The largest absolute Gasteiger partial charge is 0.353 e. The Balaban J connectivity index is 2.16. The van der Waals surface area contributed by atoms with E-state index >= 15 is 0 Å². The Morgan fingerprint density at radius 2 is 2.05 bits per heavy atom. The van der Waals surface area contributed by atoms with Crippen LogP contribution in [0.5, 0.6) is 0 Å². The first-order valence-corrected chi connectivity index (χ1v) is 6.10. The third-order valence-corrected chi connectivity index (χ3v) is 3.08. The van der Waals surface area contributed by atoms with Crippen LogP contribution in [0.4, 0.5) is 5.69 Å². The third kappa shape index (κ3) is 2.18. The summed E-state index contributed by atoms with van der Waals surface area (Å²) in [4.78, 5) is 18.1. The van der Waals surface area contributed by atoms with Gasteiger partial charge in [-0.25, -0.2) is 4.98 Å². The van der Waals surface area contributed by atoms with E-state index < -0.39 is 0 Å². The molecule has 0 aliphatic rings. The van der Waals surface area contributed by atoms with E-state index in [1.54, 1.807) is 6.07 Å². The summed E-state index contributed by atoms with van der Waals surface area (Å²) in [6.45, 7) is 0. The van der Waals surface area contributed by atoms with Gasteiger partial charge < -0.3 is 10.3 Å². The first kappa shape index (κ1) is 11.7. The van der Waals surface area contributed by atoms with Gasteiger partial charge in [0.15, 0.2) is 0 Å². The summed E-state index contributed by atoms with van der Waals surface area (Å²) >= 11 is 5.87. The Morgan fingerprint density at radius 1 is 1.21 bits per heavy atom. The molecular weight excluding hydrogens is 262 g/mol. The lowest BCUT2D eigenvalue weighted by molar-refractivity contribution is -0.105. The number of nitrogens with zero attached hydrogens (tertiary/aromatic N) is 1. The number of amides is 1. The molecule has 0 spiro atoms. The van der Waals surface area contributed by atoms with Crippen LogP contribution in [0.3, 0.4) is 0 Å². The number of rotatable bonds is 3. The number of nitrogens with one attached hydrogen (secondary N) is 2. The van der Waals surface area contributed by atoms with Crippen molar-refractivity contribution < 1.29 is 4.79 Å². The van der Waals surface area contributed by atoms with Gasteiger partial charge in [-0.1, -0.05) is 29.8 Å². The maximum atomic E-state index is 10.6. The molecule has 94 valence electrons. The van der Waals surface area contributed by atoms with Gasteiger partial charge in [-0.15, -0.1) is 0 Å². The van der Waals surface area contributed by atoms with Gasteiger partial charge in [-0.2, -0.15) is 0 Å². The zero-order valence-corrected chi connectivity index (χ0v) is 10.6. The van der Waals surface area contributed by atoms with Crippen LogP contribution in [0.25, 0.3) is 22.3 Å². The van der Waals surface area contributed by atoms with Crippen molar-refractivity contribution in [3.05, 3.63) is 47.6 Å². The Hall–Kier alpha value is -2.33. The van der Waals surface area contributed by atoms with Crippen molar-refractivity contribution in [2.75, 3.05) is 5.32 Å². The molecule has 3 rings (SSSR count). The van der Waals surface area contributed by atoms with Crippen LogP contribution in [0.2, 0.25) is 5.15 Å². The minimum absolute atomic E-state index is 0.456. The lowest BCUT2D eigenvalue weighted by atomic mass is 10.1. The standard InChI is InChI=1S/C14H10ClN3O/c15-14-6-5-11-13(18-14)7-12(17-11)9-3-1-2-4-10(9)16-8-19/h1-8,17H,(H,16,19). The minimum atomic E-state index is 0.456. The number of hydrogen-bond acceptors (Lipinski definition) is 2. The number of carbonyl (C=O) groups is 1. The van der Waals surface area contributed by atoms with Gasteiger partial charge in [0.1, 0.15) is 5.15 Å². The highest BCUT2D eigenvalue weighted by Crippen LogP contribution is 2.29. The van der Waals surface area contributed by atoms with E-state index in [4.69, 9.17) is 11.6 Å².